The Morgan fingerprint density at radius 1 is 0.867 bits per heavy atom. The molecule has 0 rings (SSSR count). The topological polar surface area (TPSA) is 60.4 Å². The molecule has 0 heterocycles. The lowest BCUT2D eigenvalue weighted by molar-refractivity contribution is -0.165. The van der Waals surface area contributed by atoms with Crippen LogP contribution in [0.1, 0.15) is 41.5 Å². The SMILES string of the molecule is CC(C)(C)OC(=O)C(=O)C(=O)C(C)(C)C. The Balaban J connectivity index is 4.62. The van der Waals surface area contributed by atoms with Gasteiger partial charge in [-0.2, -0.15) is 0 Å². The maximum atomic E-state index is 11.4. The van der Waals surface area contributed by atoms with Crippen molar-refractivity contribution in [1.29, 1.82) is 0 Å². The summed E-state index contributed by atoms with van der Waals surface area (Å²) in [5.41, 5.74) is -1.61. The minimum absolute atomic E-state index is 0.725. The Kier molecular flexibility index (Phi) is 3.80. The largest absolute Gasteiger partial charge is 0.454 e. The third kappa shape index (κ3) is 4.72. The van der Waals surface area contributed by atoms with Gasteiger partial charge in [0.25, 0.3) is 0 Å². The van der Waals surface area contributed by atoms with Crippen LogP contribution in [0.3, 0.4) is 0 Å². The fourth-order valence-electron chi connectivity index (χ4n) is 0.758. The van der Waals surface area contributed by atoms with E-state index in [-0.39, 0.29) is 0 Å². The Morgan fingerprint density at radius 3 is 1.53 bits per heavy atom. The highest BCUT2D eigenvalue weighted by molar-refractivity contribution is 6.63. The summed E-state index contributed by atoms with van der Waals surface area (Å²) in [6.45, 7) is 9.66. The van der Waals surface area contributed by atoms with Crippen molar-refractivity contribution in [2.75, 3.05) is 0 Å². The smallest absolute Gasteiger partial charge is 0.383 e. The van der Waals surface area contributed by atoms with Crippen molar-refractivity contribution in [3.05, 3.63) is 0 Å². The molecule has 0 saturated carbocycles. The first kappa shape index (κ1) is 13.8. The van der Waals surface area contributed by atoms with Gasteiger partial charge in [0.2, 0.25) is 5.78 Å². The molecule has 4 nitrogen and oxygen atoms in total. The average Bonchev–Trinajstić information content (AvgIpc) is 1.96. The number of ketones is 2. The summed E-state index contributed by atoms with van der Waals surface area (Å²) in [7, 11) is 0. The maximum Gasteiger partial charge on any atom is 0.383 e. The zero-order chi connectivity index (χ0) is 12.4. The second-order valence-corrected chi connectivity index (χ2v) is 5.41. The summed E-state index contributed by atoms with van der Waals surface area (Å²) in [6, 6.07) is 0. The van der Waals surface area contributed by atoms with Gasteiger partial charge in [0.15, 0.2) is 0 Å². The van der Waals surface area contributed by atoms with E-state index in [0.717, 1.165) is 0 Å². The molecule has 0 radical (unpaired) electrons. The number of esters is 1. The molecule has 0 aromatic carbocycles. The number of hydrogen-bond acceptors (Lipinski definition) is 4. The van der Waals surface area contributed by atoms with Crippen molar-refractivity contribution in [2.24, 2.45) is 5.41 Å². The van der Waals surface area contributed by atoms with Crippen molar-refractivity contribution in [3.8, 4) is 0 Å². The molecule has 0 aliphatic rings. The third-order valence-corrected chi connectivity index (χ3v) is 1.47. The van der Waals surface area contributed by atoms with Gasteiger partial charge in [-0.05, 0) is 20.8 Å². The Bertz CT molecular complexity index is 289. The van der Waals surface area contributed by atoms with E-state index in [1.54, 1.807) is 41.5 Å². The summed E-state index contributed by atoms with van der Waals surface area (Å²) in [6.07, 6.45) is 0. The van der Waals surface area contributed by atoms with Crippen LogP contribution in [-0.4, -0.2) is 23.1 Å². The molecule has 0 saturated heterocycles. The lowest BCUT2D eigenvalue weighted by Crippen LogP contribution is -2.38. The molecule has 0 bridgehead atoms. The molecular weight excluding hydrogens is 196 g/mol. The Labute approximate surface area is 90.0 Å². The number of hydrogen-bond donors (Lipinski definition) is 0. The van der Waals surface area contributed by atoms with Crippen LogP contribution in [0.15, 0.2) is 0 Å². The summed E-state index contributed by atoms with van der Waals surface area (Å²) < 4.78 is 4.81. The van der Waals surface area contributed by atoms with Gasteiger partial charge in [0.05, 0.1) is 0 Å². The van der Waals surface area contributed by atoms with Gasteiger partial charge in [-0.3, -0.25) is 9.59 Å². The van der Waals surface area contributed by atoms with E-state index in [2.05, 4.69) is 0 Å². The molecule has 0 spiro atoms. The van der Waals surface area contributed by atoms with Gasteiger partial charge >= 0.3 is 11.8 Å². The maximum absolute atomic E-state index is 11.4. The normalized spacial score (nSPS) is 12.1. The first-order chi connectivity index (χ1) is 6.45. The van der Waals surface area contributed by atoms with Gasteiger partial charge < -0.3 is 4.74 Å². The van der Waals surface area contributed by atoms with Crippen molar-refractivity contribution in [2.45, 2.75) is 47.1 Å². The molecule has 0 aliphatic carbocycles. The van der Waals surface area contributed by atoms with Gasteiger partial charge in [0, 0.05) is 5.41 Å². The molecule has 0 aliphatic heterocycles. The highest BCUT2D eigenvalue weighted by Crippen LogP contribution is 2.16. The van der Waals surface area contributed by atoms with Crippen LogP contribution < -0.4 is 0 Å². The average molecular weight is 214 g/mol. The van der Waals surface area contributed by atoms with Crippen LogP contribution in [0.2, 0.25) is 0 Å². The predicted molar refractivity (Wildman–Crippen MR) is 55.3 cm³/mol. The van der Waals surface area contributed by atoms with Crippen molar-refractivity contribution in [1.82, 2.24) is 0 Å². The van der Waals surface area contributed by atoms with Crippen molar-refractivity contribution >= 4 is 17.5 Å². The van der Waals surface area contributed by atoms with Gasteiger partial charge in [-0.1, -0.05) is 20.8 Å². The van der Waals surface area contributed by atoms with E-state index in [0.29, 0.717) is 0 Å². The summed E-state index contributed by atoms with van der Waals surface area (Å²) >= 11 is 0. The molecule has 86 valence electrons. The third-order valence-electron chi connectivity index (χ3n) is 1.47. The van der Waals surface area contributed by atoms with Crippen LogP contribution in [0.25, 0.3) is 0 Å². The number of Topliss-reactive ketones (excluding diaryl/α,β-unsaturated/α-hetero) is 2. The predicted octanol–water partition coefficient (Wildman–Crippen LogP) is 1.51. The Morgan fingerprint density at radius 2 is 1.27 bits per heavy atom. The molecule has 0 aromatic rings. The zero-order valence-corrected chi connectivity index (χ0v) is 10.1. The standard InChI is InChI=1S/C11H18O4/c1-10(2,3)8(13)7(12)9(14)15-11(4,5)6/h1-6H3. The number of ether oxygens (including phenoxy) is 1. The lowest BCUT2D eigenvalue weighted by Gasteiger charge is -2.20. The van der Waals surface area contributed by atoms with Crippen LogP contribution in [-0.2, 0) is 19.1 Å². The second kappa shape index (κ2) is 4.13. The van der Waals surface area contributed by atoms with Gasteiger partial charge in [-0.15, -0.1) is 0 Å². The summed E-state index contributed by atoms with van der Waals surface area (Å²) in [4.78, 5) is 34.0. The highest BCUT2D eigenvalue weighted by Gasteiger charge is 2.35. The first-order valence-corrected chi connectivity index (χ1v) is 4.77. The van der Waals surface area contributed by atoms with E-state index in [4.69, 9.17) is 4.74 Å². The van der Waals surface area contributed by atoms with Gasteiger partial charge in [-0.25, -0.2) is 4.79 Å². The molecule has 0 N–H and O–H groups in total. The fourth-order valence-corrected chi connectivity index (χ4v) is 0.758. The minimum Gasteiger partial charge on any atom is -0.454 e. The van der Waals surface area contributed by atoms with E-state index < -0.39 is 28.6 Å². The van der Waals surface area contributed by atoms with E-state index in [1.807, 2.05) is 0 Å². The quantitative estimate of drug-likeness (QED) is 0.397. The van der Waals surface area contributed by atoms with Crippen LogP contribution in [0.4, 0.5) is 0 Å². The highest BCUT2D eigenvalue weighted by atomic mass is 16.6. The summed E-state index contributed by atoms with van der Waals surface area (Å²) in [5.74, 6) is -2.89. The Hall–Kier alpha value is -1.19. The monoisotopic (exact) mass is 214 g/mol. The molecule has 0 amide bonds. The number of carbonyl (C=O) groups is 3. The molecule has 0 aromatic heterocycles. The zero-order valence-electron chi connectivity index (χ0n) is 10.1. The van der Waals surface area contributed by atoms with E-state index >= 15 is 0 Å². The molecule has 0 unspecified atom stereocenters. The second-order valence-electron chi connectivity index (χ2n) is 5.41. The number of rotatable bonds is 2. The molecule has 15 heavy (non-hydrogen) atoms. The van der Waals surface area contributed by atoms with Gasteiger partial charge in [0.1, 0.15) is 5.60 Å². The molecule has 0 atom stereocenters. The lowest BCUT2D eigenvalue weighted by atomic mass is 9.88. The summed E-state index contributed by atoms with van der Waals surface area (Å²) in [5, 5.41) is 0. The van der Waals surface area contributed by atoms with Crippen molar-refractivity contribution in [3.63, 3.8) is 0 Å². The van der Waals surface area contributed by atoms with Crippen LogP contribution >= 0.6 is 0 Å². The fraction of sp³-hybridized carbons (Fsp3) is 0.727. The number of carbonyl (C=O) groups excluding carboxylic acids is 3. The molecular formula is C11H18O4. The van der Waals surface area contributed by atoms with Crippen LogP contribution in [0.5, 0.6) is 0 Å². The minimum atomic E-state index is -1.09. The van der Waals surface area contributed by atoms with E-state index in [1.165, 1.54) is 0 Å². The first-order valence-electron chi connectivity index (χ1n) is 4.77. The molecule has 4 heteroatoms. The van der Waals surface area contributed by atoms with E-state index in [9.17, 15) is 14.4 Å². The molecule has 0 fully saturated rings. The van der Waals surface area contributed by atoms with Crippen molar-refractivity contribution < 1.29 is 19.1 Å². The van der Waals surface area contributed by atoms with Crippen LogP contribution in [0, 0.1) is 5.41 Å².